The number of ether oxygens (including phenoxy) is 2. The van der Waals surface area contributed by atoms with Crippen LogP contribution in [-0.2, 0) is 14.3 Å². The average Bonchev–Trinajstić information content (AvgIpc) is 2.63. The molecule has 0 radical (unpaired) electrons. The van der Waals surface area contributed by atoms with Crippen LogP contribution in [0.4, 0.5) is 0 Å². The summed E-state index contributed by atoms with van der Waals surface area (Å²) in [5.41, 5.74) is 0. The van der Waals surface area contributed by atoms with Crippen LogP contribution in [0.5, 0.6) is 0 Å². The van der Waals surface area contributed by atoms with Gasteiger partial charge < -0.3 is 9.47 Å². The van der Waals surface area contributed by atoms with Crippen molar-refractivity contribution < 1.29 is 14.3 Å². The Morgan fingerprint density at radius 2 is 2.23 bits per heavy atom. The summed E-state index contributed by atoms with van der Waals surface area (Å²) in [5, 5.41) is 0. The van der Waals surface area contributed by atoms with E-state index in [1.807, 2.05) is 0 Å². The average molecular weight is 184 g/mol. The van der Waals surface area contributed by atoms with Gasteiger partial charge in [-0.2, -0.15) is 0 Å². The van der Waals surface area contributed by atoms with Gasteiger partial charge in [0.05, 0.1) is 19.1 Å². The Morgan fingerprint density at radius 1 is 1.38 bits per heavy atom. The standard InChI is InChI=1S/C10H16O3/c1-12-10(11)8-2-3-9-7(6-8)4-5-13-9/h7-9H,2-6H2,1H3/t7-,8?,9+/m1/s1. The van der Waals surface area contributed by atoms with Gasteiger partial charge in [0.1, 0.15) is 0 Å². The fourth-order valence-corrected chi connectivity index (χ4v) is 2.51. The molecule has 2 fully saturated rings. The van der Waals surface area contributed by atoms with E-state index < -0.39 is 0 Å². The fraction of sp³-hybridized carbons (Fsp3) is 0.900. The highest BCUT2D eigenvalue weighted by Crippen LogP contribution is 2.37. The highest BCUT2D eigenvalue weighted by atomic mass is 16.5. The molecule has 0 bridgehead atoms. The molecule has 1 unspecified atom stereocenters. The number of hydrogen-bond donors (Lipinski definition) is 0. The Balaban J connectivity index is 1.93. The van der Waals surface area contributed by atoms with Crippen molar-refractivity contribution in [3.63, 3.8) is 0 Å². The summed E-state index contributed by atoms with van der Waals surface area (Å²) in [4.78, 5) is 11.3. The normalized spacial score (nSPS) is 38.4. The summed E-state index contributed by atoms with van der Waals surface area (Å²) >= 11 is 0. The zero-order valence-electron chi connectivity index (χ0n) is 7.99. The molecule has 1 aliphatic carbocycles. The third-order valence-electron chi connectivity index (χ3n) is 3.27. The molecule has 2 aliphatic rings. The van der Waals surface area contributed by atoms with Crippen molar-refractivity contribution in [2.24, 2.45) is 11.8 Å². The van der Waals surface area contributed by atoms with Crippen LogP contribution in [0.3, 0.4) is 0 Å². The zero-order chi connectivity index (χ0) is 9.26. The fourth-order valence-electron chi connectivity index (χ4n) is 2.51. The lowest BCUT2D eigenvalue weighted by atomic mass is 9.79. The second kappa shape index (κ2) is 3.66. The second-order valence-corrected chi connectivity index (χ2v) is 3.99. The Morgan fingerprint density at radius 3 is 3.00 bits per heavy atom. The monoisotopic (exact) mass is 184 g/mol. The summed E-state index contributed by atoms with van der Waals surface area (Å²) in [6, 6.07) is 0. The molecule has 74 valence electrons. The van der Waals surface area contributed by atoms with Crippen molar-refractivity contribution in [3.8, 4) is 0 Å². The van der Waals surface area contributed by atoms with Crippen molar-refractivity contribution in [2.75, 3.05) is 13.7 Å². The SMILES string of the molecule is COC(=O)C1CC[C@@H]2OCC[C@@H]2C1. The van der Waals surface area contributed by atoms with Crippen LogP contribution >= 0.6 is 0 Å². The molecule has 3 nitrogen and oxygen atoms in total. The summed E-state index contributed by atoms with van der Waals surface area (Å²) in [7, 11) is 1.47. The lowest BCUT2D eigenvalue weighted by molar-refractivity contribution is -0.147. The Labute approximate surface area is 78.4 Å². The van der Waals surface area contributed by atoms with E-state index >= 15 is 0 Å². The van der Waals surface area contributed by atoms with E-state index in [4.69, 9.17) is 9.47 Å². The molecule has 2 rings (SSSR count). The topological polar surface area (TPSA) is 35.5 Å². The first-order chi connectivity index (χ1) is 6.31. The van der Waals surface area contributed by atoms with Crippen molar-refractivity contribution >= 4 is 5.97 Å². The van der Waals surface area contributed by atoms with Gasteiger partial charge in [0.25, 0.3) is 0 Å². The van der Waals surface area contributed by atoms with Crippen molar-refractivity contribution in [1.29, 1.82) is 0 Å². The maximum Gasteiger partial charge on any atom is 0.308 e. The molecule has 3 heteroatoms. The maximum atomic E-state index is 11.3. The van der Waals surface area contributed by atoms with Crippen LogP contribution in [0.1, 0.15) is 25.7 Å². The lowest BCUT2D eigenvalue weighted by Crippen LogP contribution is -2.30. The smallest absolute Gasteiger partial charge is 0.308 e. The van der Waals surface area contributed by atoms with E-state index in [1.165, 1.54) is 7.11 Å². The number of carbonyl (C=O) groups is 1. The number of esters is 1. The molecule has 0 aromatic heterocycles. The first-order valence-electron chi connectivity index (χ1n) is 5.00. The maximum absolute atomic E-state index is 11.3. The number of carbonyl (C=O) groups excluding carboxylic acids is 1. The number of fused-ring (bicyclic) bond motifs is 1. The zero-order valence-corrected chi connectivity index (χ0v) is 7.99. The minimum Gasteiger partial charge on any atom is -0.469 e. The molecule has 0 aromatic rings. The van der Waals surface area contributed by atoms with Crippen molar-refractivity contribution in [3.05, 3.63) is 0 Å². The third kappa shape index (κ3) is 1.70. The van der Waals surface area contributed by atoms with Crippen LogP contribution in [-0.4, -0.2) is 25.8 Å². The summed E-state index contributed by atoms with van der Waals surface area (Å²) < 4.78 is 10.3. The van der Waals surface area contributed by atoms with Gasteiger partial charge in [0.2, 0.25) is 0 Å². The van der Waals surface area contributed by atoms with Gasteiger partial charge in [-0.1, -0.05) is 0 Å². The summed E-state index contributed by atoms with van der Waals surface area (Å²) in [5.74, 6) is 0.705. The molecule has 13 heavy (non-hydrogen) atoms. The van der Waals surface area contributed by atoms with Crippen LogP contribution in [0.25, 0.3) is 0 Å². The highest BCUT2D eigenvalue weighted by molar-refractivity contribution is 5.72. The second-order valence-electron chi connectivity index (χ2n) is 3.99. The van der Waals surface area contributed by atoms with Crippen molar-refractivity contribution in [1.82, 2.24) is 0 Å². The van der Waals surface area contributed by atoms with Crippen molar-refractivity contribution in [2.45, 2.75) is 31.8 Å². The quantitative estimate of drug-likeness (QED) is 0.577. The molecular weight excluding hydrogens is 168 g/mol. The molecule has 1 aliphatic heterocycles. The third-order valence-corrected chi connectivity index (χ3v) is 3.27. The van der Waals surface area contributed by atoms with Crippen LogP contribution in [0.15, 0.2) is 0 Å². The van der Waals surface area contributed by atoms with E-state index in [-0.39, 0.29) is 11.9 Å². The lowest BCUT2D eigenvalue weighted by Gasteiger charge is -2.28. The molecule has 0 aromatic carbocycles. The Hall–Kier alpha value is -0.570. The van der Waals surface area contributed by atoms with E-state index in [1.54, 1.807) is 0 Å². The van der Waals surface area contributed by atoms with Crippen LogP contribution in [0.2, 0.25) is 0 Å². The molecule has 3 atom stereocenters. The first-order valence-corrected chi connectivity index (χ1v) is 5.00. The van der Waals surface area contributed by atoms with Crippen LogP contribution in [0, 0.1) is 11.8 Å². The van der Waals surface area contributed by atoms with Gasteiger partial charge >= 0.3 is 5.97 Å². The minimum atomic E-state index is -0.0367. The van der Waals surface area contributed by atoms with Gasteiger partial charge in [-0.3, -0.25) is 4.79 Å². The highest BCUT2D eigenvalue weighted by Gasteiger charge is 2.37. The van der Waals surface area contributed by atoms with E-state index in [2.05, 4.69) is 0 Å². The predicted octanol–water partition coefficient (Wildman–Crippen LogP) is 1.36. The molecule has 1 heterocycles. The van der Waals surface area contributed by atoms with E-state index in [0.717, 1.165) is 32.3 Å². The summed E-state index contributed by atoms with van der Waals surface area (Å²) in [6.07, 6.45) is 4.49. The van der Waals surface area contributed by atoms with Gasteiger partial charge in [-0.05, 0) is 31.6 Å². The number of methoxy groups -OCH3 is 1. The van der Waals surface area contributed by atoms with Gasteiger partial charge in [0.15, 0.2) is 0 Å². The molecular formula is C10H16O3. The predicted molar refractivity (Wildman–Crippen MR) is 47.2 cm³/mol. The minimum absolute atomic E-state index is 0.0367. The Bertz CT molecular complexity index is 202. The number of rotatable bonds is 1. The molecule has 0 N–H and O–H groups in total. The molecule has 0 amide bonds. The Kier molecular flexibility index (Phi) is 2.54. The number of hydrogen-bond acceptors (Lipinski definition) is 3. The van der Waals surface area contributed by atoms with E-state index in [0.29, 0.717) is 12.0 Å². The first kappa shape index (κ1) is 9.00. The van der Waals surface area contributed by atoms with Gasteiger partial charge in [-0.25, -0.2) is 0 Å². The van der Waals surface area contributed by atoms with Gasteiger partial charge in [0, 0.05) is 6.61 Å². The largest absolute Gasteiger partial charge is 0.469 e. The molecule has 1 saturated carbocycles. The van der Waals surface area contributed by atoms with E-state index in [9.17, 15) is 4.79 Å². The summed E-state index contributed by atoms with van der Waals surface area (Å²) in [6.45, 7) is 0.878. The molecule has 1 saturated heterocycles. The van der Waals surface area contributed by atoms with Gasteiger partial charge in [-0.15, -0.1) is 0 Å². The molecule has 0 spiro atoms. The van der Waals surface area contributed by atoms with Crippen LogP contribution < -0.4 is 0 Å².